The lowest BCUT2D eigenvalue weighted by molar-refractivity contribution is 0.0371. The van der Waals surface area contributed by atoms with Gasteiger partial charge in [0.1, 0.15) is 5.82 Å². The highest BCUT2D eigenvalue weighted by atomic mass is 19.1. The van der Waals surface area contributed by atoms with Crippen molar-refractivity contribution in [3.8, 4) is 5.69 Å². The van der Waals surface area contributed by atoms with Crippen LogP contribution >= 0.6 is 0 Å². The summed E-state index contributed by atoms with van der Waals surface area (Å²) in [5.41, 5.74) is 3.47. The van der Waals surface area contributed by atoms with Gasteiger partial charge in [0.2, 0.25) is 0 Å². The van der Waals surface area contributed by atoms with Gasteiger partial charge in [-0.05, 0) is 44.2 Å². The summed E-state index contributed by atoms with van der Waals surface area (Å²) in [6.45, 7) is 7.26. The molecular formula is C18H21FN2O2. The van der Waals surface area contributed by atoms with E-state index in [1.165, 1.54) is 12.1 Å². The molecule has 0 atom stereocenters. The Hall–Kier alpha value is -1.98. The summed E-state index contributed by atoms with van der Waals surface area (Å²) in [6, 6.07) is 8.24. The van der Waals surface area contributed by atoms with Crippen molar-refractivity contribution in [3.05, 3.63) is 53.1 Å². The van der Waals surface area contributed by atoms with Gasteiger partial charge in [0.05, 0.1) is 19.8 Å². The molecule has 0 aliphatic carbocycles. The molecule has 122 valence electrons. The van der Waals surface area contributed by atoms with E-state index in [4.69, 9.17) is 4.74 Å². The number of rotatable bonds is 4. The SMILES string of the molecule is Cc1cc(C(=O)CN2CCOCC2)c(C)n1-c1ccc(F)cc1. The average Bonchev–Trinajstić information content (AvgIpc) is 2.84. The molecule has 0 N–H and O–H groups in total. The number of aryl methyl sites for hydroxylation is 1. The molecule has 4 nitrogen and oxygen atoms in total. The lowest BCUT2D eigenvalue weighted by Crippen LogP contribution is -2.39. The molecule has 1 fully saturated rings. The number of benzene rings is 1. The number of halogens is 1. The molecule has 5 heteroatoms. The molecular weight excluding hydrogens is 295 g/mol. The van der Waals surface area contributed by atoms with E-state index in [2.05, 4.69) is 4.90 Å². The predicted octanol–water partition coefficient (Wildman–Crippen LogP) is 2.75. The van der Waals surface area contributed by atoms with Crippen LogP contribution in [0.25, 0.3) is 5.69 Å². The van der Waals surface area contributed by atoms with E-state index in [9.17, 15) is 9.18 Å². The van der Waals surface area contributed by atoms with E-state index < -0.39 is 0 Å². The van der Waals surface area contributed by atoms with Crippen LogP contribution in [-0.4, -0.2) is 48.1 Å². The Bertz CT molecular complexity index is 701. The van der Waals surface area contributed by atoms with Crippen molar-refractivity contribution in [2.75, 3.05) is 32.8 Å². The van der Waals surface area contributed by atoms with Crippen LogP contribution in [0.5, 0.6) is 0 Å². The highest BCUT2D eigenvalue weighted by Gasteiger charge is 2.20. The minimum atomic E-state index is -0.264. The van der Waals surface area contributed by atoms with Crippen LogP contribution in [-0.2, 0) is 4.74 Å². The number of Topliss-reactive ketones (excluding diaryl/α,β-unsaturated/α-hetero) is 1. The topological polar surface area (TPSA) is 34.5 Å². The first kappa shape index (κ1) is 15.9. The van der Waals surface area contributed by atoms with E-state index in [-0.39, 0.29) is 11.6 Å². The first-order valence-electron chi connectivity index (χ1n) is 7.84. The molecule has 0 bridgehead atoms. The molecule has 0 radical (unpaired) electrons. The van der Waals surface area contributed by atoms with Gasteiger partial charge < -0.3 is 9.30 Å². The second-order valence-corrected chi connectivity index (χ2v) is 5.91. The Morgan fingerprint density at radius 3 is 2.48 bits per heavy atom. The number of ether oxygens (including phenoxy) is 1. The van der Waals surface area contributed by atoms with Gasteiger partial charge in [-0.15, -0.1) is 0 Å². The monoisotopic (exact) mass is 316 g/mol. The summed E-state index contributed by atoms with van der Waals surface area (Å²) >= 11 is 0. The van der Waals surface area contributed by atoms with E-state index in [0.29, 0.717) is 19.8 Å². The number of morpholine rings is 1. The number of carbonyl (C=O) groups excluding carboxylic acids is 1. The van der Waals surface area contributed by atoms with Crippen LogP contribution in [0, 0.1) is 19.7 Å². The van der Waals surface area contributed by atoms with E-state index in [0.717, 1.165) is 35.7 Å². The van der Waals surface area contributed by atoms with E-state index >= 15 is 0 Å². The third-order valence-electron chi connectivity index (χ3n) is 4.29. The van der Waals surface area contributed by atoms with Gasteiger partial charge in [-0.1, -0.05) is 0 Å². The molecule has 1 aromatic carbocycles. The van der Waals surface area contributed by atoms with Crippen LogP contribution in [0.4, 0.5) is 4.39 Å². The molecule has 2 aromatic rings. The van der Waals surface area contributed by atoms with Crippen molar-refractivity contribution in [1.29, 1.82) is 0 Å². The Morgan fingerprint density at radius 2 is 1.83 bits per heavy atom. The number of hydrogen-bond donors (Lipinski definition) is 0. The molecule has 1 aliphatic heterocycles. The van der Waals surface area contributed by atoms with Gasteiger partial charge in [0, 0.05) is 35.7 Å². The second kappa shape index (κ2) is 6.64. The maximum Gasteiger partial charge on any atom is 0.178 e. The number of aromatic nitrogens is 1. The van der Waals surface area contributed by atoms with Gasteiger partial charge in [0.15, 0.2) is 5.78 Å². The highest BCUT2D eigenvalue weighted by molar-refractivity contribution is 5.99. The summed E-state index contributed by atoms with van der Waals surface area (Å²) in [4.78, 5) is 14.7. The zero-order chi connectivity index (χ0) is 16.4. The first-order valence-corrected chi connectivity index (χ1v) is 7.84. The molecule has 1 saturated heterocycles. The average molecular weight is 316 g/mol. The molecule has 3 rings (SSSR count). The fraction of sp³-hybridized carbons (Fsp3) is 0.389. The fourth-order valence-corrected chi connectivity index (χ4v) is 3.08. The van der Waals surface area contributed by atoms with Gasteiger partial charge in [0.25, 0.3) is 0 Å². The summed E-state index contributed by atoms with van der Waals surface area (Å²) in [7, 11) is 0. The summed E-state index contributed by atoms with van der Waals surface area (Å²) in [5, 5.41) is 0. The Kier molecular flexibility index (Phi) is 4.59. The third kappa shape index (κ3) is 3.35. The zero-order valence-electron chi connectivity index (χ0n) is 13.5. The molecule has 2 heterocycles. The Balaban J connectivity index is 1.85. The third-order valence-corrected chi connectivity index (χ3v) is 4.29. The van der Waals surface area contributed by atoms with Gasteiger partial charge in [-0.25, -0.2) is 4.39 Å². The number of nitrogens with zero attached hydrogens (tertiary/aromatic N) is 2. The minimum absolute atomic E-state index is 0.119. The molecule has 0 spiro atoms. The Labute approximate surface area is 135 Å². The van der Waals surface area contributed by atoms with E-state index in [1.807, 2.05) is 24.5 Å². The van der Waals surface area contributed by atoms with Crippen LogP contribution in [0.3, 0.4) is 0 Å². The second-order valence-electron chi connectivity index (χ2n) is 5.91. The molecule has 1 aromatic heterocycles. The van der Waals surface area contributed by atoms with Gasteiger partial charge in [-0.3, -0.25) is 9.69 Å². The molecule has 23 heavy (non-hydrogen) atoms. The number of ketones is 1. The van der Waals surface area contributed by atoms with Crippen LogP contribution < -0.4 is 0 Å². The molecule has 0 unspecified atom stereocenters. The van der Waals surface area contributed by atoms with Crippen molar-refractivity contribution in [2.24, 2.45) is 0 Å². The standard InChI is InChI=1S/C18H21FN2O2/c1-13-11-17(18(22)12-20-7-9-23-10-8-20)14(2)21(13)16-5-3-15(19)4-6-16/h3-6,11H,7-10,12H2,1-2H3. The maximum atomic E-state index is 13.1. The quantitative estimate of drug-likeness (QED) is 0.814. The molecule has 1 aliphatic rings. The normalized spacial score (nSPS) is 15.8. The van der Waals surface area contributed by atoms with Gasteiger partial charge >= 0.3 is 0 Å². The smallest absolute Gasteiger partial charge is 0.178 e. The highest BCUT2D eigenvalue weighted by Crippen LogP contribution is 2.22. The Morgan fingerprint density at radius 1 is 1.17 bits per heavy atom. The van der Waals surface area contributed by atoms with E-state index in [1.54, 1.807) is 12.1 Å². The zero-order valence-corrected chi connectivity index (χ0v) is 13.5. The van der Waals surface area contributed by atoms with Crippen LogP contribution in [0.1, 0.15) is 21.7 Å². The summed E-state index contributed by atoms with van der Waals surface area (Å²) < 4.78 is 20.4. The molecule has 0 saturated carbocycles. The van der Waals surface area contributed by atoms with Crippen LogP contribution in [0.15, 0.2) is 30.3 Å². The van der Waals surface area contributed by atoms with Crippen molar-refractivity contribution in [3.63, 3.8) is 0 Å². The van der Waals surface area contributed by atoms with Gasteiger partial charge in [-0.2, -0.15) is 0 Å². The van der Waals surface area contributed by atoms with Crippen molar-refractivity contribution in [1.82, 2.24) is 9.47 Å². The number of hydrogen-bond acceptors (Lipinski definition) is 3. The minimum Gasteiger partial charge on any atom is -0.379 e. The van der Waals surface area contributed by atoms with Crippen LogP contribution in [0.2, 0.25) is 0 Å². The lowest BCUT2D eigenvalue weighted by Gasteiger charge is -2.25. The molecule has 0 amide bonds. The fourth-order valence-electron chi connectivity index (χ4n) is 3.08. The summed E-state index contributed by atoms with van der Waals surface area (Å²) in [6.07, 6.45) is 0. The predicted molar refractivity (Wildman–Crippen MR) is 86.8 cm³/mol. The largest absolute Gasteiger partial charge is 0.379 e. The van der Waals surface area contributed by atoms with Crippen molar-refractivity contribution in [2.45, 2.75) is 13.8 Å². The first-order chi connectivity index (χ1) is 11.1. The number of carbonyl (C=O) groups is 1. The van der Waals surface area contributed by atoms with Crippen molar-refractivity contribution >= 4 is 5.78 Å². The van der Waals surface area contributed by atoms with Crippen molar-refractivity contribution < 1.29 is 13.9 Å². The maximum absolute atomic E-state index is 13.1. The summed E-state index contributed by atoms with van der Waals surface area (Å²) in [5.74, 6) is -0.145. The lowest BCUT2D eigenvalue weighted by atomic mass is 10.1.